The lowest BCUT2D eigenvalue weighted by Crippen LogP contribution is -2.53. The maximum atomic E-state index is 12.1. The number of piperidine rings is 1. The molecule has 1 aliphatic heterocycles. The molecule has 0 spiro atoms. The van der Waals surface area contributed by atoms with E-state index >= 15 is 0 Å². The SMILES string of the molecule is CC(C)(C)OC(=O)N1CCC(C#N)(NC2=CC=CCC=C2)CC1. The second kappa shape index (κ2) is 6.91. The van der Waals surface area contributed by atoms with Crippen LogP contribution in [0.25, 0.3) is 0 Å². The molecule has 1 fully saturated rings. The van der Waals surface area contributed by atoms with Gasteiger partial charge in [-0.05, 0) is 39.3 Å². The quantitative estimate of drug-likeness (QED) is 0.849. The third-order valence-corrected chi connectivity index (χ3v) is 3.85. The summed E-state index contributed by atoms with van der Waals surface area (Å²) < 4.78 is 5.40. The zero-order chi connectivity index (χ0) is 16.9. The molecule has 2 aliphatic rings. The molecular formula is C18H25N3O2. The highest BCUT2D eigenvalue weighted by atomic mass is 16.6. The van der Waals surface area contributed by atoms with Crippen molar-refractivity contribution in [3.05, 3.63) is 36.1 Å². The number of hydrogen-bond acceptors (Lipinski definition) is 4. The lowest BCUT2D eigenvalue weighted by atomic mass is 9.88. The fourth-order valence-corrected chi connectivity index (χ4v) is 2.60. The van der Waals surface area contributed by atoms with Crippen molar-refractivity contribution in [2.75, 3.05) is 13.1 Å². The molecule has 0 aromatic carbocycles. The zero-order valence-electron chi connectivity index (χ0n) is 14.1. The molecule has 124 valence electrons. The number of amides is 1. The Labute approximate surface area is 138 Å². The van der Waals surface area contributed by atoms with Gasteiger partial charge in [0.05, 0.1) is 6.07 Å². The van der Waals surface area contributed by atoms with Crippen LogP contribution in [0.1, 0.15) is 40.0 Å². The molecule has 0 atom stereocenters. The lowest BCUT2D eigenvalue weighted by molar-refractivity contribution is 0.0179. The van der Waals surface area contributed by atoms with Gasteiger partial charge in [-0.15, -0.1) is 0 Å². The number of hydrogen-bond donors (Lipinski definition) is 1. The topological polar surface area (TPSA) is 65.4 Å². The van der Waals surface area contributed by atoms with E-state index in [2.05, 4.69) is 23.5 Å². The molecular weight excluding hydrogens is 290 g/mol. The normalized spacial score (nSPS) is 20.3. The number of carbonyl (C=O) groups is 1. The van der Waals surface area contributed by atoms with Crippen LogP contribution in [0.4, 0.5) is 4.79 Å². The van der Waals surface area contributed by atoms with E-state index in [1.54, 1.807) is 4.90 Å². The number of likely N-dealkylation sites (tertiary alicyclic amines) is 1. The first kappa shape index (κ1) is 17.1. The molecule has 5 heteroatoms. The molecule has 5 nitrogen and oxygen atoms in total. The van der Waals surface area contributed by atoms with Gasteiger partial charge in [-0.2, -0.15) is 5.26 Å². The Bertz CT molecular complexity index is 568. The van der Waals surface area contributed by atoms with Crippen LogP contribution in [0.2, 0.25) is 0 Å². The minimum absolute atomic E-state index is 0.305. The Morgan fingerprint density at radius 1 is 1.35 bits per heavy atom. The Balaban J connectivity index is 1.97. The van der Waals surface area contributed by atoms with E-state index in [0.29, 0.717) is 25.9 Å². The standard InChI is InChI=1S/C18H25N3O2/c1-17(2,3)23-16(22)21-12-10-18(14-19,11-13-21)20-15-8-6-4-5-7-9-15/h4,6-9,20H,5,10-13H2,1-3H3. The average molecular weight is 315 g/mol. The van der Waals surface area contributed by atoms with Crippen molar-refractivity contribution >= 4 is 6.09 Å². The Morgan fingerprint density at radius 2 is 2.04 bits per heavy atom. The van der Waals surface area contributed by atoms with E-state index in [1.807, 2.05) is 39.0 Å². The fourth-order valence-electron chi connectivity index (χ4n) is 2.60. The first-order chi connectivity index (χ1) is 10.8. The summed E-state index contributed by atoms with van der Waals surface area (Å²) in [5, 5.41) is 13.0. The molecule has 1 saturated heterocycles. The van der Waals surface area contributed by atoms with Gasteiger partial charge in [0.15, 0.2) is 0 Å². The van der Waals surface area contributed by atoms with Crippen molar-refractivity contribution in [1.82, 2.24) is 10.2 Å². The van der Waals surface area contributed by atoms with Gasteiger partial charge in [0, 0.05) is 31.6 Å². The monoisotopic (exact) mass is 315 g/mol. The van der Waals surface area contributed by atoms with Gasteiger partial charge in [0.1, 0.15) is 11.1 Å². The maximum Gasteiger partial charge on any atom is 0.410 e. The highest BCUT2D eigenvalue weighted by Crippen LogP contribution is 2.25. The van der Waals surface area contributed by atoms with E-state index in [4.69, 9.17) is 4.74 Å². The first-order valence-electron chi connectivity index (χ1n) is 8.04. The Hall–Kier alpha value is -2.22. The molecule has 0 radical (unpaired) electrons. The van der Waals surface area contributed by atoms with Crippen LogP contribution in [0.5, 0.6) is 0 Å². The predicted octanol–water partition coefficient (Wildman–Crippen LogP) is 3.27. The van der Waals surface area contributed by atoms with Crippen molar-refractivity contribution in [2.24, 2.45) is 0 Å². The van der Waals surface area contributed by atoms with Gasteiger partial charge >= 0.3 is 6.09 Å². The molecule has 1 amide bonds. The number of nitrogens with one attached hydrogen (secondary N) is 1. The summed E-state index contributed by atoms with van der Waals surface area (Å²) in [7, 11) is 0. The summed E-state index contributed by atoms with van der Waals surface area (Å²) in [4.78, 5) is 13.8. The molecule has 23 heavy (non-hydrogen) atoms. The van der Waals surface area contributed by atoms with Crippen molar-refractivity contribution < 1.29 is 9.53 Å². The fraction of sp³-hybridized carbons (Fsp3) is 0.556. The minimum Gasteiger partial charge on any atom is -0.444 e. The number of carbonyl (C=O) groups excluding carboxylic acids is 1. The van der Waals surface area contributed by atoms with Crippen LogP contribution in [-0.2, 0) is 4.74 Å². The molecule has 0 saturated carbocycles. The van der Waals surface area contributed by atoms with Crippen LogP contribution in [-0.4, -0.2) is 35.2 Å². The summed E-state index contributed by atoms with van der Waals surface area (Å²) in [6.45, 7) is 6.60. The van der Waals surface area contributed by atoms with Crippen LogP contribution in [0.15, 0.2) is 36.1 Å². The van der Waals surface area contributed by atoms with Gasteiger partial charge in [-0.3, -0.25) is 0 Å². The summed E-state index contributed by atoms with van der Waals surface area (Å²) in [6, 6.07) is 2.40. The van der Waals surface area contributed by atoms with Gasteiger partial charge in [-0.25, -0.2) is 4.79 Å². The number of nitriles is 1. The molecule has 1 heterocycles. The van der Waals surface area contributed by atoms with Crippen LogP contribution < -0.4 is 5.32 Å². The summed E-state index contributed by atoms with van der Waals surface area (Å²) in [5.74, 6) is 0. The van der Waals surface area contributed by atoms with Crippen LogP contribution >= 0.6 is 0 Å². The molecule has 0 unspecified atom stereocenters. The van der Waals surface area contributed by atoms with Gasteiger partial charge in [0.2, 0.25) is 0 Å². The molecule has 1 aliphatic carbocycles. The van der Waals surface area contributed by atoms with Gasteiger partial charge in [0.25, 0.3) is 0 Å². The van der Waals surface area contributed by atoms with E-state index in [-0.39, 0.29) is 6.09 Å². The highest BCUT2D eigenvalue weighted by molar-refractivity contribution is 5.68. The Morgan fingerprint density at radius 3 is 2.65 bits per heavy atom. The molecule has 1 N–H and O–H groups in total. The van der Waals surface area contributed by atoms with Crippen molar-refractivity contribution in [1.29, 1.82) is 5.26 Å². The molecule has 0 bridgehead atoms. The first-order valence-corrected chi connectivity index (χ1v) is 8.04. The van der Waals surface area contributed by atoms with Crippen molar-refractivity contribution in [2.45, 2.75) is 51.2 Å². The van der Waals surface area contributed by atoms with E-state index in [9.17, 15) is 10.1 Å². The number of allylic oxidation sites excluding steroid dienone is 5. The summed E-state index contributed by atoms with van der Waals surface area (Å²) in [6.07, 6.45) is 11.8. The second-order valence-electron chi connectivity index (χ2n) is 6.97. The predicted molar refractivity (Wildman–Crippen MR) is 89.5 cm³/mol. The summed E-state index contributed by atoms with van der Waals surface area (Å²) in [5.41, 5.74) is -0.195. The van der Waals surface area contributed by atoms with E-state index in [1.165, 1.54) is 0 Å². The largest absolute Gasteiger partial charge is 0.444 e. The van der Waals surface area contributed by atoms with Crippen LogP contribution in [0.3, 0.4) is 0 Å². The Kier molecular flexibility index (Phi) is 5.15. The summed E-state index contributed by atoms with van der Waals surface area (Å²) >= 11 is 0. The minimum atomic E-state index is -0.632. The third kappa shape index (κ3) is 4.88. The maximum absolute atomic E-state index is 12.1. The second-order valence-corrected chi connectivity index (χ2v) is 6.97. The van der Waals surface area contributed by atoms with E-state index < -0.39 is 11.1 Å². The van der Waals surface area contributed by atoms with Crippen molar-refractivity contribution in [3.63, 3.8) is 0 Å². The third-order valence-electron chi connectivity index (χ3n) is 3.85. The lowest BCUT2D eigenvalue weighted by Gasteiger charge is -2.38. The number of rotatable bonds is 2. The highest BCUT2D eigenvalue weighted by Gasteiger charge is 2.37. The van der Waals surface area contributed by atoms with Gasteiger partial charge < -0.3 is 15.0 Å². The molecule has 0 aromatic heterocycles. The number of nitrogens with zero attached hydrogens (tertiary/aromatic N) is 2. The molecule has 0 aromatic rings. The smallest absolute Gasteiger partial charge is 0.410 e. The van der Waals surface area contributed by atoms with E-state index in [0.717, 1.165) is 12.1 Å². The van der Waals surface area contributed by atoms with Gasteiger partial charge in [-0.1, -0.05) is 18.2 Å². The average Bonchev–Trinajstić information content (AvgIpc) is 2.74. The zero-order valence-corrected chi connectivity index (χ0v) is 14.1. The number of ether oxygens (including phenoxy) is 1. The molecule has 2 rings (SSSR count). The van der Waals surface area contributed by atoms with Crippen LogP contribution in [0, 0.1) is 11.3 Å². The van der Waals surface area contributed by atoms with Crippen molar-refractivity contribution in [3.8, 4) is 6.07 Å².